The maximum atomic E-state index is 5.97. The lowest BCUT2D eigenvalue weighted by atomic mass is 10.2. The van der Waals surface area contributed by atoms with Crippen molar-refractivity contribution in [1.29, 1.82) is 0 Å². The fourth-order valence-electron chi connectivity index (χ4n) is 2.53. The summed E-state index contributed by atoms with van der Waals surface area (Å²) >= 11 is 0. The van der Waals surface area contributed by atoms with Crippen molar-refractivity contribution in [3.05, 3.63) is 42.0 Å². The predicted octanol–water partition coefficient (Wildman–Crippen LogP) is 2.76. The Morgan fingerprint density at radius 3 is 2.81 bits per heavy atom. The van der Waals surface area contributed by atoms with E-state index in [0.29, 0.717) is 17.1 Å². The Balaban J connectivity index is 1.99. The molecule has 0 bridgehead atoms. The van der Waals surface area contributed by atoms with Crippen LogP contribution in [0.2, 0.25) is 0 Å². The van der Waals surface area contributed by atoms with Crippen molar-refractivity contribution in [2.24, 2.45) is 0 Å². The number of rotatable bonds is 1. The van der Waals surface area contributed by atoms with E-state index < -0.39 is 0 Å². The molecule has 6 nitrogen and oxygen atoms in total. The lowest BCUT2D eigenvalue weighted by Gasteiger charge is -2.03. The number of benzene rings is 1. The number of pyridine rings is 1. The van der Waals surface area contributed by atoms with Crippen LogP contribution in [0.15, 0.2) is 34.9 Å². The fourth-order valence-corrected chi connectivity index (χ4v) is 2.53. The Morgan fingerprint density at radius 2 is 2.00 bits per heavy atom. The first-order valence-electron chi connectivity index (χ1n) is 6.61. The van der Waals surface area contributed by atoms with Crippen molar-refractivity contribution in [1.82, 2.24) is 19.7 Å². The SMILES string of the molecule is Cc1nc2cc(-n3nc4c(N)ccnc4c3C)ccc2o1. The van der Waals surface area contributed by atoms with Gasteiger partial charge in [0.25, 0.3) is 0 Å². The molecule has 0 amide bonds. The molecule has 0 saturated heterocycles. The average molecular weight is 279 g/mol. The molecule has 4 aromatic rings. The number of anilines is 1. The van der Waals surface area contributed by atoms with Gasteiger partial charge in [-0.2, -0.15) is 5.10 Å². The van der Waals surface area contributed by atoms with E-state index in [1.54, 1.807) is 12.3 Å². The van der Waals surface area contributed by atoms with Crippen molar-refractivity contribution < 1.29 is 4.42 Å². The third-order valence-electron chi connectivity index (χ3n) is 3.54. The summed E-state index contributed by atoms with van der Waals surface area (Å²) in [5.41, 5.74) is 11.5. The average Bonchev–Trinajstić information content (AvgIpc) is 2.99. The third kappa shape index (κ3) is 1.69. The molecule has 2 N–H and O–H groups in total. The highest BCUT2D eigenvalue weighted by Crippen LogP contribution is 2.25. The second-order valence-corrected chi connectivity index (χ2v) is 4.98. The highest BCUT2D eigenvalue weighted by atomic mass is 16.3. The third-order valence-corrected chi connectivity index (χ3v) is 3.54. The molecule has 3 heterocycles. The molecule has 1 aromatic carbocycles. The van der Waals surface area contributed by atoms with Gasteiger partial charge in [-0.3, -0.25) is 4.98 Å². The maximum absolute atomic E-state index is 5.97. The first kappa shape index (κ1) is 11.9. The number of aryl methyl sites for hydroxylation is 2. The molecule has 0 aliphatic heterocycles. The summed E-state index contributed by atoms with van der Waals surface area (Å²) in [5.74, 6) is 0.649. The number of nitrogens with zero attached hydrogens (tertiary/aromatic N) is 4. The van der Waals surface area contributed by atoms with Crippen molar-refractivity contribution in [3.8, 4) is 5.69 Å². The van der Waals surface area contributed by atoms with E-state index in [1.165, 1.54) is 0 Å². The van der Waals surface area contributed by atoms with Crippen LogP contribution in [-0.4, -0.2) is 19.7 Å². The molecule has 3 aromatic heterocycles. The Kier molecular flexibility index (Phi) is 2.29. The van der Waals surface area contributed by atoms with E-state index in [1.807, 2.05) is 36.7 Å². The van der Waals surface area contributed by atoms with E-state index in [2.05, 4.69) is 15.1 Å². The Bertz CT molecular complexity index is 982. The van der Waals surface area contributed by atoms with Crippen molar-refractivity contribution >= 4 is 27.8 Å². The van der Waals surface area contributed by atoms with Crippen LogP contribution in [0.5, 0.6) is 0 Å². The highest BCUT2D eigenvalue weighted by molar-refractivity contribution is 5.88. The second kappa shape index (κ2) is 4.05. The number of nitrogens with two attached hydrogens (primary N) is 1. The van der Waals surface area contributed by atoms with Gasteiger partial charge in [0.05, 0.1) is 17.1 Å². The van der Waals surface area contributed by atoms with Crippen LogP contribution >= 0.6 is 0 Å². The van der Waals surface area contributed by atoms with Crippen molar-refractivity contribution in [2.75, 3.05) is 5.73 Å². The summed E-state index contributed by atoms with van der Waals surface area (Å²) in [6.07, 6.45) is 1.70. The number of hydrogen-bond donors (Lipinski definition) is 1. The van der Waals surface area contributed by atoms with Crippen molar-refractivity contribution in [2.45, 2.75) is 13.8 Å². The zero-order valence-corrected chi connectivity index (χ0v) is 11.7. The molecule has 0 fully saturated rings. The molecule has 104 valence electrons. The summed E-state index contributed by atoms with van der Waals surface area (Å²) in [4.78, 5) is 8.71. The summed E-state index contributed by atoms with van der Waals surface area (Å²) in [6.45, 7) is 3.80. The minimum absolute atomic E-state index is 0.625. The lowest BCUT2D eigenvalue weighted by molar-refractivity contribution is 0.561. The standard InChI is InChI=1S/C15H13N5O/c1-8-14-15(11(16)5-6-17-14)19-20(8)10-3-4-13-12(7-10)18-9(2)21-13/h3-7H,16H2,1-2H3. The van der Waals surface area contributed by atoms with Crippen LogP contribution in [0.1, 0.15) is 11.6 Å². The van der Waals surface area contributed by atoms with Gasteiger partial charge < -0.3 is 10.2 Å². The largest absolute Gasteiger partial charge is 0.441 e. The molecular formula is C15H13N5O. The number of aromatic nitrogens is 4. The van der Waals surface area contributed by atoms with Crippen LogP contribution in [0.4, 0.5) is 5.69 Å². The van der Waals surface area contributed by atoms with Gasteiger partial charge in [0.15, 0.2) is 11.5 Å². The van der Waals surface area contributed by atoms with Crippen LogP contribution in [-0.2, 0) is 0 Å². The smallest absolute Gasteiger partial charge is 0.192 e. The topological polar surface area (TPSA) is 82.8 Å². The monoisotopic (exact) mass is 279 g/mol. The molecule has 0 aliphatic carbocycles. The molecule has 0 spiro atoms. The zero-order valence-electron chi connectivity index (χ0n) is 11.7. The lowest BCUT2D eigenvalue weighted by Crippen LogP contribution is -1.98. The van der Waals surface area contributed by atoms with Gasteiger partial charge in [-0.15, -0.1) is 0 Å². The van der Waals surface area contributed by atoms with Gasteiger partial charge in [-0.1, -0.05) is 0 Å². The van der Waals surface area contributed by atoms with E-state index >= 15 is 0 Å². The minimum atomic E-state index is 0.625. The van der Waals surface area contributed by atoms with Crippen molar-refractivity contribution in [3.63, 3.8) is 0 Å². The maximum Gasteiger partial charge on any atom is 0.192 e. The van der Waals surface area contributed by atoms with Gasteiger partial charge in [-0.05, 0) is 31.2 Å². The fraction of sp³-hybridized carbons (Fsp3) is 0.133. The molecule has 0 aliphatic rings. The van der Waals surface area contributed by atoms with Crippen LogP contribution in [0.25, 0.3) is 27.8 Å². The molecule has 21 heavy (non-hydrogen) atoms. The van der Waals surface area contributed by atoms with E-state index in [4.69, 9.17) is 10.2 Å². The van der Waals surface area contributed by atoms with Gasteiger partial charge in [0.1, 0.15) is 16.6 Å². The molecule has 0 radical (unpaired) electrons. The number of oxazole rings is 1. The highest BCUT2D eigenvalue weighted by Gasteiger charge is 2.13. The summed E-state index contributed by atoms with van der Waals surface area (Å²) in [7, 11) is 0. The van der Waals surface area contributed by atoms with E-state index in [0.717, 1.165) is 28.0 Å². The second-order valence-electron chi connectivity index (χ2n) is 4.98. The Morgan fingerprint density at radius 1 is 1.14 bits per heavy atom. The molecular weight excluding hydrogens is 266 g/mol. The summed E-state index contributed by atoms with van der Waals surface area (Å²) < 4.78 is 7.32. The molecule has 6 heteroatoms. The molecule has 4 rings (SSSR count). The van der Waals surface area contributed by atoms with E-state index in [-0.39, 0.29) is 0 Å². The van der Waals surface area contributed by atoms with Crippen LogP contribution < -0.4 is 5.73 Å². The van der Waals surface area contributed by atoms with Gasteiger partial charge in [0, 0.05) is 13.1 Å². The summed E-state index contributed by atoms with van der Waals surface area (Å²) in [5, 5.41) is 4.57. The Labute approximate surface area is 120 Å². The van der Waals surface area contributed by atoms with Gasteiger partial charge in [-0.25, -0.2) is 9.67 Å². The zero-order chi connectivity index (χ0) is 14.6. The number of fused-ring (bicyclic) bond motifs is 2. The number of nitrogen functional groups attached to an aromatic ring is 1. The first-order valence-corrected chi connectivity index (χ1v) is 6.61. The van der Waals surface area contributed by atoms with E-state index in [9.17, 15) is 0 Å². The first-order chi connectivity index (χ1) is 10.1. The molecule has 0 unspecified atom stereocenters. The number of hydrogen-bond acceptors (Lipinski definition) is 5. The quantitative estimate of drug-likeness (QED) is 0.579. The molecule has 0 atom stereocenters. The Hall–Kier alpha value is -2.89. The summed E-state index contributed by atoms with van der Waals surface area (Å²) in [6, 6.07) is 7.54. The predicted molar refractivity (Wildman–Crippen MR) is 80.3 cm³/mol. The molecule has 0 saturated carbocycles. The van der Waals surface area contributed by atoms with Crippen LogP contribution in [0.3, 0.4) is 0 Å². The minimum Gasteiger partial charge on any atom is -0.441 e. The van der Waals surface area contributed by atoms with Crippen LogP contribution in [0, 0.1) is 13.8 Å². The van der Waals surface area contributed by atoms with Gasteiger partial charge in [0.2, 0.25) is 0 Å². The normalized spacial score (nSPS) is 11.5. The van der Waals surface area contributed by atoms with Gasteiger partial charge >= 0.3 is 0 Å².